The standard InChI is InChI=1S/C14H22N2OS/c1-16(13-6-9-18-11-13)7-3-8-17-14-5-2-4-12(15)10-14/h2,4-5,10,13H,3,6-9,11,15H2,1H3. The van der Waals surface area contributed by atoms with Crippen LogP contribution in [0.3, 0.4) is 0 Å². The summed E-state index contributed by atoms with van der Waals surface area (Å²) in [5, 5.41) is 0. The number of hydrogen-bond donors (Lipinski definition) is 1. The molecule has 2 rings (SSSR count). The summed E-state index contributed by atoms with van der Waals surface area (Å²) in [5.74, 6) is 3.47. The molecule has 1 atom stereocenters. The van der Waals surface area contributed by atoms with Gasteiger partial charge in [0.2, 0.25) is 0 Å². The fourth-order valence-corrected chi connectivity index (χ4v) is 3.46. The molecule has 0 saturated carbocycles. The topological polar surface area (TPSA) is 38.5 Å². The molecule has 2 N–H and O–H groups in total. The van der Waals surface area contributed by atoms with Crippen molar-refractivity contribution in [3.05, 3.63) is 24.3 Å². The summed E-state index contributed by atoms with van der Waals surface area (Å²) in [4.78, 5) is 2.46. The zero-order valence-electron chi connectivity index (χ0n) is 11.0. The van der Waals surface area contributed by atoms with E-state index in [1.54, 1.807) is 0 Å². The molecule has 0 bridgehead atoms. The average Bonchev–Trinajstić information content (AvgIpc) is 2.88. The first kappa shape index (κ1) is 13.6. The number of nitrogens with zero attached hydrogens (tertiary/aromatic N) is 1. The molecule has 0 aliphatic carbocycles. The van der Waals surface area contributed by atoms with Crippen LogP contribution in [0.5, 0.6) is 5.75 Å². The SMILES string of the molecule is CN(CCCOc1cccc(N)c1)C1CCSC1. The molecule has 1 saturated heterocycles. The van der Waals surface area contributed by atoms with E-state index >= 15 is 0 Å². The van der Waals surface area contributed by atoms with E-state index in [9.17, 15) is 0 Å². The van der Waals surface area contributed by atoms with Crippen LogP contribution in [0.4, 0.5) is 5.69 Å². The lowest BCUT2D eigenvalue weighted by atomic mass is 10.2. The highest BCUT2D eigenvalue weighted by atomic mass is 32.2. The molecule has 18 heavy (non-hydrogen) atoms. The van der Waals surface area contributed by atoms with E-state index in [0.717, 1.165) is 37.1 Å². The fraction of sp³-hybridized carbons (Fsp3) is 0.571. The highest BCUT2D eigenvalue weighted by Gasteiger charge is 2.19. The van der Waals surface area contributed by atoms with E-state index in [1.165, 1.54) is 17.9 Å². The summed E-state index contributed by atoms with van der Waals surface area (Å²) in [6, 6.07) is 8.39. The molecule has 1 aromatic rings. The first-order valence-electron chi connectivity index (χ1n) is 6.52. The number of benzene rings is 1. The van der Waals surface area contributed by atoms with Gasteiger partial charge in [0.25, 0.3) is 0 Å². The summed E-state index contributed by atoms with van der Waals surface area (Å²) in [7, 11) is 2.22. The maximum absolute atomic E-state index is 5.70. The third-order valence-corrected chi connectivity index (χ3v) is 4.46. The van der Waals surface area contributed by atoms with Gasteiger partial charge < -0.3 is 15.4 Å². The largest absolute Gasteiger partial charge is 0.493 e. The van der Waals surface area contributed by atoms with Gasteiger partial charge in [0.05, 0.1) is 6.61 Å². The Kier molecular flexibility index (Phi) is 5.20. The monoisotopic (exact) mass is 266 g/mol. The van der Waals surface area contributed by atoms with Gasteiger partial charge in [-0.15, -0.1) is 0 Å². The first-order chi connectivity index (χ1) is 8.75. The van der Waals surface area contributed by atoms with Crippen LogP contribution in [0, 0.1) is 0 Å². The Morgan fingerprint density at radius 1 is 1.50 bits per heavy atom. The highest BCUT2D eigenvalue weighted by molar-refractivity contribution is 7.99. The zero-order chi connectivity index (χ0) is 12.8. The molecule has 3 nitrogen and oxygen atoms in total. The third-order valence-electron chi connectivity index (χ3n) is 3.31. The smallest absolute Gasteiger partial charge is 0.121 e. The van der Waals surface area contributed by atoms with Crippen LogP contribution in [0.25, 0.3) is 0 Å². The van der Waals surface area contributed by atoms with E-state index in [1.807, 2.05) is 24.3 Å². The van der Waals surface area contributed by atoms with Gasteiger partial charge in [-0.25, -0.2) is 0 Å². The molecular formula is C14H22N2OS. The van der Waals surface area contributed by atoms with Crippen LogP contribution >= 0.6 is 11.8 Å². The van der Waals surface area contributed by atoms with Gasteiger partial charge in [0, 0.05) is 30.1 Å². The number of anilines is 1. The second-order valence-electron chi connectivity index (χ2n) is 4.77. The normalized spacial score (nSPS) is 19.3. The van der Waals surface area contributed by atoms with Gasteiger partial charge in [0.1, 0.15) is 5.75 Å². The Balaban J connectivity index is 1.63. The number of rotatable bonds is 6. The Labute approximate surface area is 114 Å². The van der Waals surface area contributed by atoms with Gasteiger partial charge in [0.15, 0.2) is 0 Å². The Morgan fingerprint density at radius 3 is 3.11 bits per heavy atom. The summed E-state index contributed by atoms with van der Waals surface area (Å²) in [5.41, 5.74) is 6.46. The van der Waals surface area contributed by atoms with Crippen LogP contribution in [-0.4, -0.2) is 42.6 Å². The molecule has 1 aliphatic heterocycles. The second-order valence-corrected chi connectivity index (χ2v) is 5.92. The third kappa shape index (κ3) is 4.10. The van der Waals surface area contributed by atoms with Gasteiger partial charge >= 0.3 is 0 Å². The Morgan fingerprint density at radius 2 is 2.39 bits per heavy atom. The van der Waals surface area contributed by atoms with Crippen LogP contribution < -0.4 is 10.5 Å². The minimum absolute atomic E-state index is 0.757. The van der Waals surface area contributed by atoms with Crippen molar-refractivity contribution in [2.75, 3.05) is 37.4 Å². The zero-order valence-corrected chi connectivity index (χ0v) is 11.8. The van der Waals surface area contributed by atoms with E-state index in [-0.39, 0.29) is 0 Å². The maximum Gasteiger partial charge on any atom is 0.121 e. The van der Waals surface area contributed by atoms with E-state index in [4.69, 9.17) is 10.5 Å². The van der Waals surface area contributed by atoms with Crippen molar-refractivity contribution in [3.63, 3.8) is 0 Å². The molecule has 4 heteroatoms. The van der Waals surface area contributed by atoms with Gasteiger partial charge in [-0.05, 0) is 37.8 Å². The van der Waals surface area contributed by atoms with Crippen molar-refractivity contribution >= 4 is 17.4 Å². The van der Waals surface area contributed by atoms with Crippen LogP contribution in [0.1, 0.15) is 12.8 Å². The lowest BCUT2D eigenvalue weighted by Gasteiger charge is -2.23. The van der Waals surface area contributed by atoms with Crippen LogP contribution in [0.15, 0.2) is 24.3 Å². The number of thioether (sulfide) groups is 1. The number of hydrogen-bond acceptors (Lipinski definition) is 4. The molecule has 1 heterocycles. The maximum atomic E-state index is 5.70. The lowest BCUT2D eigenvalue weighted by Crippen LogP contribution is -2.32. The fourth-order valence-electron chi connectivity index (χ4n) is 2.16. The predicted octanol–water partition coefficient (Wildman–Crippen LogP) is 2.48. The van der Waals surface area contributed by atoms with Crippen LogP contribution in [0.2, 0.25) is 0 Å². The average molecular weight is 266 g/mol. The molecule has 100 valence electrons. The summed E-state index contributed by atoms with van der Waals surface area (Å²) in [6.45, 7) is 1.86. The van der Waals surface area contributed by atoms with Crippen molar-refractivity contribution in [1.82, 2.24) is 4.90 Å². The van der Waals surface area contributed by atoms with Gasteiger partial charge in [-0.1, -0.05) is 6.07 Å². The number of nitrogen functional groups attached to an aromatic ring is 1. The Hall–Kier alpha value is -0.870. The van der Waals surface area contributed by atoms with Crippen molar-refractivity contribution in [1.29, 1.82) is 0 Å². The molecule has 1 unspecified atom stereocenters. The molecule has 0 spiro atoms. The van der Waals surface area contributed by atoms with Crippen molar-refractivity contribution in [2.45, 2.75) is 18.9 Å². The Bertz CT molecular complexity index is 367. The minimum atomic E-state index is 0.757. The number of nitrogens with two attached hydrogens (primary N) is 1. The van der Waals surface area contributed by atoms with Crippen molar-refractivity contribution < 1.29 is 4.74 Å². The highest BCUT2D eigenvalue weighted by Crippen LogP contribution is 2.21. The molecule has 0 aromatic heterocycles. The van der Waals surface area contributed by atoms with Crippen LogP contribution in [-0.2, 0) is 0 Å². The van der Waals surface area contributed by atoms with Crippen molar-refractivity contribution in [2.24, 2.45) is 0 Å². The second kappa shape index (κ2) is 6.90. The van der Waals surface area contributed by atoms with E-state index in [0.29, 0.717) is 0 Å². The molecule has 0 amide bonds. The van der Waals surface area contributed by atoms with Gasteiger partial charge in [-0.2, -0.15) is 11.8 Å². The van der Waals surface area contributed by atoms with E-state index < -0.39 is 0 Å². The molecule has 1 aromatic carbocycles. The summed E-state index contributed by atoms with van der Waals surface area (Å²) < 4.78 is 5.69. The summed E-state index contributed by atoms with van der Waals surface area (Å²) in [6.07, 6.45) is 2.39. The molecular weight excluding hydrogens is 244 g/mol. The molecule has 0 radical (unpaired) electrons. The van der Waals surface area contributed by atoms with Crippen molar-refractivity contribution in [3.8, 4) is 5.75 Å². The summed E-state index contributed by atoms with van der Waals surface area (Å²) >= 11 is 2.06. The lowest BCUT2D eigenvalue weighted by molar-refractivity contribution is 0.227. The predicted molar refractivity (Wildman–Crippen MR) is 79.3 cm³/mol. The number of ether oxygens (including phenoxy) is 1. The quantitative estimate of drug-likeness (QED) is 0.634. The van der Waals surface area contributed by atoms with Gasteiger partial charge in [-0.3, -0.25) is 0 Å². The van der Waals surface area contributed by atoms with E-state index in [2.05, 4.69) is 23.7 Å². The molecule has 1 aliphatic rings. The first-order valence-corrected chi connectivity index (χ1v) is 7.67. The minimum Gasteiger partial charge on any atom is -0.493 e. The molecule has 1 fully saturated rings.